The van der Waals surface area contributed by atoms with Crippen LogP contribution in [0.4, 0.5) is 0 Å². The smallest absolute Gasteiger partial charge is 0.178 e. The van der Waals surface area contributed by atoms with Crippen LogP contribution in [0.25, 0.3) is 0 Å². The van der Waals surface area contributed by atoms with Crippen LogP contribution in [0.15, 0.2) is 46.9 Å². The van der Waals surface area contributed by atoms with Gasteiger partial charge in [0.1, 0.15) is 0 Å². The van der Waals surface area contributed by atoms with Gasteiger partial charge in [0.05, 0.1) is 16.2 Å². The molecule has 0 heterocycles. The number of fused-ring (bicyclic) bond motifs is 5. The van der Waals surface area contributed by atoms with Crippen LogP contribution in [-0.2, 0) is 9.84 Å². The average molecular weight is 485 g/mol. The summed E-state index contributed by atoms with van der Waals surface area (Å²) in [6.45, 7) is 9.21. The quantitative estimate of drug-likeness (QED) is 0.477. The lowest BCUT2D eigenvalue weighted by Crippen LogP contribution is -2.55. The van der Waals surface area contributed by atoms with Gasteiger partial charge in [-0.15, -0.1) is 0 Å². The Balaban J connectivity index is 1.39. The summed E-state index contributed by atoms with van der Waals surface area (Å²) < 4.78 is 26.4. The molecular formula is C30H44O3S. The monoisotopic (exact) mass is 484 g/mol. The lowest BCUT2D eigenvalue weighted by Gasteiger charge is -2.63. The number of hydrogen-bond acceptors (Lipinski definition) is 3. The molecule has 1 aromatic rings. The maximum absolute atomic E-state index is 13.2. The summed E-state index contributed by atoms with van der Waals surface area (Å²) >= 11 is 0. The van der Waals surface area contributed by atoms with Crippen molar-refractivity contribution in [3.63, 3.8) is 0 Å². The normalized spacial score (nSPS) is 43.1. The Morgan fingerprint density at radius 1 is 1.00 bits per heavy atom. The van der Waals surface area contributed by atoms with Crippen LogP contribution >= 0.6 is 0 Å². The molecule has 0 aromatic heterocycles. The highest BCUT2D eigenvalue weighted by molar-refractivity contribution is 7.91. The minimum atomic E-state index is -3.27. The number of benzene rings is 1. The Hall–Kier alpha value is -1.13. The summed E-state index contributed by atoms with van der Waals surface area (Å²) in [4.78, 5) is 0.467. The van der Waals surface area contributed by atoms with Crippen molar-refractivity contribution in [2.45, 2.75) is 96.0 Å². The Morgan fingerprint density at radius 2 is 1.74 bits per heavy atom. The molecule has 0 radical (unpaired) electrons. The predicted octanol–water partition coefficient (Wildman–Crippen LogP) is 6.82. The molecule has 0 unspecified atom stereocenters. The third kappa shape index (κ3) is 4.01. The molecule has 0 spiro atoms. The van der Waals surface area contributed by atoms with Crippen LogP contribution in [-0.4, -0.2) is 24.9 Å². The van der Waals surface area contributed by atoms with E-state index in [-0.39, 0.29) is 22.5 Å². The first-order chi connectivity index (χ1) is 16.0. The Bertz CT molecular complexity index is 1040. The van der Waals surface area contributed by atoms with Crippen molar-refractivity contribution in [3.8, 4) is 0 Å². The molecule has 3 fully saturated rings. The molecule has 4 aliphatic rings. The molecule has 34 heavy (non-hydrogen) atoms. The highest BCUT2D eigenvalue weighted by atomic mass is 32.2. The van der Waals surface area contributed by atoms with Crippen LogP contribution in [0.2, 0.25) is 0 Å². The molecule has 5 rings (SSSR count). The van der Waals surface area contributed by atoms with Gasteiger partial charge in [-0.3, -0.25) is 0 Å². The van der Waals surface area contributed by atoms with Gasteiger partial charge in [0.25, 0.3) is 0 Å². The molecule has 4 aliphatic carbocycles. The van der Waals surface area contributed by atoms with E-state index in [9.17, 15) is 13.5 Å². The molecular weight excluding hydrogens is 440 g/mol. The summed E-state index contributed by atoms with van der Waals surface area (Å²) in [6, 6.07) is 9.02. The molecule has 1 N–H and O–H groups in total. The molecule has 3 saturated carbocycles. The molecule has 8 atom stereocenters. The van der Waals surface area contributed by atoms with E-state index in [4.69, 9.17) is 0 Å². The summed E-state index contributed by atoms with van der Waals surface area (Å²) in [7, 11) is -3.27. The molecule has 4 heteroatoms. The van der Waals surface area contributed by atoms with Gasteiger partial charge in [0, 0.05) is 0 Å². The molecule has 0 bridgehead atoms. The van der Waals surface area contributed by atoms with Gasteiger partial charge in [-0.1, -0.05) is 57.0 Å². The van der Waals surface area contributed by atoms with Crippen LogP contribution in [0.3, 0.4) is 0 Å². The number of allylic oxidation sites excluding steroid dienone is 1. The number of sulfone groups is 1. The van der Waals surface area contributed by atoms with Gasteiger partial charge < -0.3 is 5.11 Å². The molecule has 0 aliphatic heterocycles. The summed E-state index contributed by atoms with van der Waals surface area (Å²) in [5, 5.41) is 10.7. The SMILES string of the molecule is C[C@H](CS(=O)(=O)c1ccccc1)[C@H]1CCC[C@H]2[C@@H]3CC=C4C[C@@](C)(O)CC[C@]4(C)[C@H]3CC[C@]12C. The maximum atomic E-state index is 13.2. The number of rotatable bonds is 4. The van der Waals surface area contributed by atoms with Crippen molar-refractivity contribution in [3.05, 3.63) is 42.0 Å². The number of hydrogen-bond donors (Lipinski definition) is 1. The molecule has 0 amide bonds. The van der Waals surface area contributed by atoms with Crippen molar-refractivity contribution in [2.24, 2.45) is 40.4 Å². The van der Waals surface area contributed by atoms with E-state index in [2.05, 4.69) is 26.8 Å². The lowest BCUT2D eigenvalue weighted by atomic mass is 9.42. The first kappa shape index (κ1) is 24.6. The fourth-order valence-corrected chi connectivity index (χ4v) is 10.9. The standard InChI is InChI=1S/C30H44O3S/c1-21(20-34(32,33)23-9-6-5-7-10-23)25-11-8-12-26-24-14-13-22-19-28(2,31)17-18-29(22,3)27(24)15-16-30(25,26)4/h5-7,9-10,13,21,24-27,31H,8,11-12,14-20H2,1-4H3/t21-,24+,25-,26+,27+,28+,29+,30-/m1/s1. The van der Waals surface area contributed by atoms with E-state index in [0.717, 1.165) is 32.1 Å². The molecule has 0 saturated heterocycles. The minimum Gasteiger partial charge on any atom is -0.390 e. The van der Waals surface area contributed by atoms with E-state index < -0.39 is 15.4 Å². The average Bonchev–Trinajstić information content (AvgIpc) is 2.78. The van der Waals surface area contributed by atoms with Gasteiger partial charge in [0.2, 0.25) is 0 Å². The second-order valence-electron chi connectivity index (χ2n) is 13.1. The Kier molecular flexibility index (Phi) is 6.12. The lowest BCUT2D eigenvalue weighted by molar-refractivity contribution is -0.112. The van der Waals surface area contributed by atoms with Gasteiger partial charge in [0.15, 0.2) is 9.84 Å². The maximum Gasteiger partial charge on any atom is 0.178 e. The van der Waals surface area contributed by atoms with Crippen LogP contribution < -0.4 is 0 Å². The van der Waals surface area contributed by atoms with E-state index >= 15 is 0 Å². The van der Waals surface area contributed by atoms with E-state index in [1.807, 2.05) is 25.1 Å². The second-order valence-corrected chi connectivity index (χ2v) is 15.1. The zero-order valence-electron chi connectivity index (χ0n) is 21.6. The van der Waals surface area contributed by atoms with E-state index in [1.165, 1.54) is 31.3 Å². The van der Waals surface area contributed by atoms with Crippen molar-refractivity contribution in [1.82, 2.24) is 0 Å². The van der Waals surface area contributed by atoms with Gasteiger partial charge in [-0.05, 0) is 111 Å². The van der Waals surface area contributed by atoms with Crippen LogP contribution in [0, 0.1) is 40.4 Å². The minimum absolute atomic E-state index is 0.171. The second kappa shape index (κ2) is 8.47. The van der Waals surface area contributed by atoms with Crippen LogP contribution in [0.1, 0.15) is 85.5 Å². The molecule has 1 aromatic carbocycles. The zero-order valence-corrected chi connectivity index (χ0v) is 22.4. The van der Waals surface area contributed by atoms with Crippen molar-refractivity contribution in [2.75, 3.05) is 5.75 Å². The van der Waals surface area contributed by atoms with Gasteiger partial charge >= 0.3 is 0 Å². The summed E-state index contributed by atoms with van der Waals surface area (Å²) in [6.07, 6.45) is 12.7. The Labute approximate surface area is 207 Å². The van der Waals surface area contributed by atoms with Crippen molar-refractivity contribution in [1.29, 1.82) is 0 Å². The van der Waals surface area contributed by atoms with Crippen LogP contribution in [0.5, 0.6) is 0 Å². The van der Waals surface area contributed by atoms with E-state index in [1.54, 1.807) is 12.1 Å². The Morgan fingerprint density at radius 3 is 2.47 bits per heavy atom. The van der Waals surface area contributed by atoms with Crippen molar-refractivity contribution < 1.29 is 13.5 Å². The first-order valence-electron chi connectivity index (χ1n) is 13.7. The molecule has 188 valence electrons. The first-order valence-corrected chi connectivity index (χ1v) is 15.3. The highest BCUT2D eigenvalue weighted by Crippen LogP contribution is 2.66. The fraction of sp³-hybridized carbons (Fsp3) is 0.733. The van der Waals surface area contributed by atoms with Gasteiger partial charge in [-0.2, -0.15) is 0 Å². The number of aliphatic hydroxyl groups is 1. The molecule has 3 nitrogen and oxygen atoms in total. The third-order valence-electron chi connectivity index (χ3n) is 11.0. The summed E-state index contributed by atoms with van der Waals surface area (Å²) in [5.41, 5.74) is 1.44. The largest absolute Gasteiger partial charge is 0.390 e. The third-order valence-corrected chi connectivity index (χ3v) is 12.9. The summed E-state index contributed by atoms with van der Waals surface area (Å²) in [5.74, 6) is 3.00. The topological polar surface area (TPSA) is 54.4 Å². The fourth-order valence-electron chi connectivity index (χ4n) is 9.16. The van der Waals surface area contributed by atoms with E-state index in [0.29, 0.717) is 28.6 Å². The van der Waals surface area contributed by atoms with Gasteiger partial charge in [-0.25, -0.2) is 8.42 Å². The highest BCUT2D eigenvalue weighted by Gasteiger charge is 2.58. The predicted molar refractivity (Wildman–Crippen MR) is 138 cm³/mol. The zero-order chi connectivity index (χ0) is 24.4. The van der Waals surface area contributed by atoms with Crippen molar-refractivity contribution >= 4 is 9.84 Å².